The van der Waals surface area contributed by atoms with Crippen molar-refractivity contribution in [3.63, 3.8) is 0 Å². The predicted octanol–water partition coefficient (Wildman–Crippen LogP) is 2.25. The lowest BCUT2D eigenvalue weighted by Crippen LogP contribution is -2.41. The standard InChI is InChI=1S/C15H21FN2O2/c1-2-18(13-5-3-4-11(16)10-13)9-8-14(15(19)20)17-12-6-7-12/h3-5,10,12,14,17H,2,6-9H2,1H3,(H,19,20). The lowest BCUT2D eigenvalue weighted by Gasteiger charge is -2.25. The van der Waals surface area contributed by atoms with E-state index < -0.39 is 12.0 Å². The summed E-state index contributed by atoms with van der Waals surface area (Å²) >= 11 is 0. The molecule has 0 radical (unpaired) electrons. The Hall–Kier alpha value is -1.62. The number of nitrogens with one attached hydrogen (secondary N) is 1. The molecule has 1 fully saturated rings. The number of carboxylic acid groups (broad SMARTS) is 1. The Morgan fingerprint density at radius 1 is 1.55 bits per heavy atom. The van der Waals surface area contributed by atoms with E-state index in [1.54, 1.807) is 6.07 Å². The van der Waals surface area contributed by atoms with Gasteiger partial charge in [0.25, 0.3) is 0 Å². The molecule has 1 aromatic rings. The Labute approximate surface area is 118 Å². The second-order valence-electron chi connectivity index (χ2n) is 5.18. The maximum Gasteiger partial charge on any atom is 0.320 e. The van der Waals surface area contributed by atoms with Crippen LogP contribution in [0.4, 0.5) is 10.1 Å². The highest BCUT2D eigenvalue weighted by molar-refractivity contribution is 5.73. The number of carbonyl (C=O) groups is 1. The third kappa shape index (κ3) is 4.20. The third-order valence-electron chi connectivity index (χ3n) is 3.56. The quantitative estimate of drug-likeness (QED) is 0.767. The Kier molecular flexibility index (Phi) is 4.95. The van der Waals surface area contributed by atoms with E-state index in [9.17, 15) is 14.3 Å². The van der Waals surface area contributed by atoms with Crippen molar-refractivity contribution in [3.8, 4) is 0 Å². The topological polar surface area (TPSA) is 52.6 Å². The van der Waals surface area contributed by atoms with Crippen molar-refractivity contribution in [2.75, 3.05) is 18.0 Å². The van der Waals surface area contributed by atoms with Gasteiger partial charge in [0.15, 0.2) is 0 Å². The molecule has 5 heteroatoms. The number of aliphatic carboxylic acids is 1. The van der Waals surface area contributed by atoms with Gasteiger partial charge in [0.2, 0.25) is 0 Å². The fraction of sp³-hybridized carbons (Fsp3) is 0.533. The molecule has 0 bridgehead atoms. The van der Waals surface area contributed by atoms with Gasteiger partial charge < -0.3 is 15.3 Å². The second kappa shape index (κ2) is 6.70. The summed E-state index contributed by atoms with van der Waals surface area (Å²) in [5.41, 5.74) is 0.795. The van der Waals surface area contributed by atoms with Crippen LogP contribution in [0.1, 0.15) is 26.2 Å². The monoisotopic (exact) mass is 280 g/mol. The van der Waals surface area contributed by atoms with Gasteiger partial charge in [0, 0.05) is 24.8 Å². The van der Waals surface area contributed by atoms with Crippen molar-refractivity contribution in [2.45, 2.75) is 38.3 Å². The van der Waals surface area contributed by atoms with E-state index in [0.29, 0.717) is 19.0 Å². The molecule has 2 rings (SSSR count). The van der Waals surface area contributed by atoms with Crippen LogP contribution in [0.5, 0.6) is 0 Å². The molecule has 0 heterocycles. The van der Waals surface area contributed by atoms with Crippen molar-refractivity contribution in [1.29, 1.82) is 0 Å². The van der Waals surface area contributed by atoms with E-state index in [1.807, 2.05) is 17.9 Å². The van der Waals surface area contributed by atoms with Gasteiger partial charge in [-0.1, -0.05) is 6.07 Å². The summed E-state index contributed by atoms with van der Waals surface area (Å²) in [4.78, 5) is 13.2. The smallest absolute Gasteiger partial charge is 0.320 e. The highest BCUT2D eigenvalue weighted by Gasteiger charge is 2.28. The molecule has 0 aromatic heterocycles. The lowest BCUT2D eigenvalue weighted by molar-refractivity contribution is -0.139. The van der Waals surface area contributed by atoms with Crippen molar-refractivity contribution >= 4 is 11.7 Å². The first kappa shape index (κ1) is 14.8. The SMILES string of the molecule is CCN(CCC(NC1CC1)C(=O)O)c1cccc(F)c1. The van der Waals surface area contributed by atoms with E-state index in [1.165, 1.54) is 12.1 Å². The first-order chi connectivity index (χ1) is 9.60. The molecule has 0 aliphatic heterocycles. The molecule has 1 unspecified atom stereocenters. The van der Waals surface area contributed by atoms with Gasteiger partial charge in [-0.05, 0) is 44.4 Å². The van der Waals surface area contributed by atoms with Crippen LogP contribution in [0.3, 0.4) is 0 Å². The van der Waals surface area contributed by atoms with Crippen molar-refractivity contribution in [3.05, 3.63) is 30.1 Å². The van der Waals surface area contributed by atoms with E-state index in [2.05, 4.69) is 5.32 Å². The van der Waals surface area contributed by atoms with Crippen LogP contribution in [0.25, 0.3) is 0 Å². The van der Waals surface area contributed by atoms with Crippen LogP contribution in [0.15, 0.2) is 24.3 Å². The van der Waals surface area contributed by atoms with Crippen LogP contribution >= 0.6 is 0 Å². The molecule has 1 aliphatic rings. The van der Waals surface area contributed by atoms with Gasteiger partial charge in [-0.15, -0.1) is 0 Å². The van der Waals surface area contributed by atoms with E-state index in [0.717, 1.165) is 25.1 Å². The molecule has 0 amide bonds. The number of hydrogen-bond donors (Lipinski definition) is 2. The second-order valence-corrected chi connectivity index (χ2v) is 5.18. The van der Waals surface area contributed by atoms with Crippen LogP contribution in [-0.2, 0) is 4.79 Å². The molecule has 0 saturated heterocycles. The highest BCUT2D eigenvalue weighted by atomic mass is 19.1. The highest BCUT2D eigenvalue weighted by Crippen LogP contribution is 2.21. The maximum absolute atomic E-state index is 13.2. The summed E-state index contributed by atoms with van der Waals surface area (Å²) in [6, 6.07) is 6.24. The molecule has 2 N–H and O–H groups in total. The number of rotatable bonds is 8. The van der Waals surface area contributed by atoms with Crippen LogP contribution in [0, 0.1) is 5.82 Å². The third-order valence-corrected chi connectivity index (χ3v) is 3.56. The summed E-state index contributed by atoms with van der Waals surface area (Å²) in [5, 5.41) is 12.3. The lowest BCUT2D eigenvalue weighted by atomic mass is 10.2. The van der Waals surface area contributed by atoms with E-state index in [-0.39, 0.29) is 5.82 Å². The van der Waals surface area contributed by atoms with Gasteiger partial charge in [0.1, 0.15) is 11.9 Å². The molecule has 0 spiro atoms. The minimum atomic E-state index is -0.813. The normalized spacial score (nSPS) is 15.9. The number of hydrogen-bond acceptors (Lipinski definition) is 3. The molecule has 1 aliphatic carbocycles. The average molecular weight is 280 g/mol. The van der Waals surface area contributed by atoms with Crippen molar-refractivity contribution < 1.29 is 14.3 Å². The van der Waals surface area contributed by atoms with Crippen LogP contribution < -0.4 is 10.2 Å². The van der Waals surface area contributed by atoms with Crippen LogP contribution in [0.2, 0.25) is 0 Å². The maximum atomic E-state index is 13.2. The fourth-order valence-electron chi connectivity index (χ4n) is 2.24. The van der Waals surface area contributed by atoms with Gasteiger partial charge in [-0.2, -0.15) is 0 Å². The van der Waals surface area contributed by atoms with E-state index >= 15 is 0 Å². The molecular formula is C15H21FN2O2. The van der Waals surface area contributed by atoms with Gasteiger partial charge >= 0.3 is 5.97 Å². The molecule has 1 atom stereocenters. The number of anilines is 1. The van der Waals surface area contributed by atoms with Crippen LogP contribution in [-0.4, -0.2) is 36.2 Å². The first-order valence-corrected chi connectivity index (χ1v) is 7.09. The number of halogens is 1. The van der Waals surface area contributed by atoms with Gasteiger partial charge in [-0.25, -0.2) is 4.39 Å². The zero-order valence-electron chi connectivity index (χ0n) is 11.7. The molecule has 4 nitrogen and oxygen atoms in total. The molecule has 110 valence electrons. The summed E-state index contributed by atoms with van der Waals surface area (Å²) in [7, 11) is 0. The zero-order chi connectivity index (χ0) is 14.5. The fourth-order valence-corrected chi connectivity index (χ4v) is 2.24. The van der Waals surface area contributed by atoms with Gasteiger partial charge in [0.05, 0.1) is 0 Å². The number of benzene rings is 1. The Morgan fingerprint density at radius 2 is 2.30 bits per heavy atom. The largest absolute Gasteiger partial charge is 0.480 e. The Morgan fingerprint density at radius 3 is 2.85 bits per heavy atom. The molecule has 1 aromatic carbocycles. The minimum absolute atomic E-state index is 0.271. The Bertz CT molecular complexity index is 463. The average Bonchev–Trinajstić information content (AvgIpc) is 3.22. The minimum Gasteiger partial charge on any atom is -0.480 e. The first-order valence-electron chi connectivity index (χ1n) is 7.09. The molecular weight excluding hydrogens is 259 g/mol. The number of nitrogens with zero attached hydrogens (tertiary/aromatic N) is 1. The Balaban J connectivity index is 1.93. The molecule has 20 heavy (non-hydrogen) atoms. The predicted molar refractivity (Wildman–Crippen MR) is 76.5 cm³/mol. The summed E-state index contributed by atoms with van der Waals surface area (Å²) < 4.78 is 13.2. The summed E-state index contributed by atoms with van der Waals surface area (Å²) in [6.07, 6.45) is 2.63. The van der Waals surface area contributed by atoms with E-state index in [4.69, 9.17) is 0 Å². The van der Waals surface area contributed by atoms with Crippen molar-refractivity contribution in [1.82, 2.24) is 5.32 Å². The summed E-state index contributed by atoms with van der Waals surface area (Å²) in [6.45, 7) is 3.30. The zero-order valence-corrected chi connectivity index (χ0v) is 11.7. The van der Waals surface area contributed by atoms with Gasteiger partial charge in [-0.3, -0.25) is 4.79 Å². The molecule has 1 saturated carbocycles. The number of carboxylic acids is 1. The summed E-state index contributed by atoms with van der Waals surface area (Å²) in [5.74, 6) is -1.08. The van der Waals surface area contributed by atoms with Crippen molar-refractivity contribution in [2.24, 2.45) is 0 Å².